The second-order valence-electron chi connectivity index (χ2n) is 8.88. The van der Waals surface area contributed by atoms with Gasteiger partial charge in [-0.15, -0.1) is 0 Å². The van der Waals surface area contributed by atoms with Gasteiger partial charge in [0.2, 0.25) is 5.91 Å². The lowest BCUT2D eigenvalue weighted by Gasteiger charge is -2.22. The van der Waals surface area contributed by atoms with Crippen LogP contribution in [0.15, 0.2) is 30.4 Å². The SMILES string of the molecule is COc1cc(CNC(=O)CCCC/C=C/C(C)C)ccc1O.C[N+](C)(C)CCOC(N)=O.[Cl-]. The molecule has 0 aliphatic rings. The van der Waals surface area contributed by atoms with E-state index >= 15 is 0 Å². The Morgan fingerprint density at radius 3 is 2.42 bits per heavy atom. The first-order valence-corrected chi connectivity index (χ1v) is 11.0. The molecule has 0 fully saturated rings. The van der Waals surface area contributed by atoms with Crippen LogP contribution >= 0.6 is 0 Å². The number of nitrogens with one attached hydrogen (secondary N) is 1. The van der Waals surface area contributed by atoms with Crippen molar-refractivity contribution in [2.75, 3.05) is 41.4 Å². The molecule has 4 N–H and O–H groups in total. The summed E-state index contributed by atoms with van der Waals surface area (Å²) >= 11 is 0. The minimum atomic E-state index is -0.701. The van der Waals surface area contributed by atoms with Crippen LogP contribution in [0.2, 0.25) is 0 Å². The van der Waals surface area contributed by atoms with Crippen LogP contribution in [0.5, 0.6) is 11.5 Å². The standard InChI is InChI=1S/C18H27NO3.C6H14N2O2.ClH/c1-14(2)8-6-4-5-7-9-18(21)19-13-15-10-11-16(20)17(12-15)22-3;1-8(2,3)4-5-10-6(7)9;/h6,8,10-12,14,20H,4-5,7,9,13H2,1-3H3,(H,19,21);4-5H2,1-3H3,(H-,7,9);1H/b8-6+;;. The van der Waals surface area contributed by atoms with E-state index in [2.05, 4.69) is 36.1 Å². The van der Waals surface area contributed by atoms with Crippen molar-refractivity contribution < 1.29 is 41.1 Å². The normalized spacial score (nSPS) is 10.8. The van der Waals surface area contributed by atoms with Crippen molar-refractivity contribution >= 4 is 12.0 Å². The third-order valence-electron chi connectivity index (χ3n) is 4.29. The fraction of sp³-hybridized carbons (Fsp3) is 0.583. The van der Waals surface area contributed by atoms with Crippen molar-refractivity contribution in [2.24, 2.45) is 11.7 Å². The van der Waals surface area contributed by atoms with E-state index in [1.54, 1.807) is 18.2 Å². The third kappa shape index (κ3) is 19.9. The Labute approximate surface area is 205 Å². The number of hydrogen-bond acceptors (Lipinski definition) is 5. The predicted octanol–water partition coefficient (Wildman–Crippen LogP) is 0.582. The predicted molar refractivity (Wildman–Crippen MR) is 127 cm³/mol. The lowest BCUT2D eigenvalue weighted by atomic mass is 10.1. The Bertz CT molecular complexity index is 719. The Morgan fingerprint density at radius 2 is 1.88 bits per heavy atom. The minimum Gasteiger partial charge on any atom is -1.00 e. The number of phenolic OH excluding ortho intramolecular Hbond substituents is 1. The van der Waals surface area contributed by atoms with E-state index in [0.717, 1.165) is 35.9 Å². The van der Waals surface area contributed by atoms with Crippen molar-refractivity contribution in [3.05, 3.63) is 35.9 Å². The molecule has 0 heterocycles. The molecule has 0 unspecified atom stereocenters. The highest BCUT2D eigenvalue weighted by molar-refractivity contribution is 5.75. The average Bonchev–Trinajstić information content (AvgIpc) is 2.69. The molecule has 1 aromatic rings. The van der Waals surface area contributed by atoms with Crippen molar-refractivity contribution in [1.82, 2.24) is 5.32 Å². The molecule has 0 saturated heterocycles. The van der Waals surface area contributed by atoms with Gasteiger partial charge in [-0.25, -0.2) is 4.79 Å². The molecule has 0 radical (unpaired) electrons. The monoisotopic (exact) mass is 487 g/mol. The summed E-state index contributed by atoms with van der Waals surface area (Å²) in [6.07, 6.45) is 7.18. The first kappa shape index (κ1) is 32.7. The summed E-state index contributed by atoms with van der Waals surface area (Å²) < 4.78 is 10.4. The molecule has 0 bridgehead atoms. The molecule has 8 nitrogen and oxygen atoms in total. The van der Waals surface area contributed by atoms with Gasteiger partial charge in [-0.1, -0.05) is 32.1 Å². The zero-order valence-electron chi connectivity index (χ0n) is 20.9. The molecular weight excluding hydrogens is 446 g/mol. The number of phenols is 1. The maximum Gasteiger partial charge on any atom is 0.404 e. The van der Waals surface area contributed by atoms with Gasteiger partial charge in [0.05, 0.1) is 28.3 Å². The Kier molecular flexibility index (Phi) is 17.9. The number of aromatic hydroxyl groups is 1. The van der Waals surface area contributed by atoms with Crippen molar-refractivity contribution in [3.63, 3.8) is 0 Å². The van der Waals surface area contributed by atoms with Crippen molar-refractivity contribution in [2.45, 2.75) is 46.1 Å². The molecule has 0 spiro atoms. The molecule has 1 rings (SSSR count). The number of halogens is 1. The average molecular weight is 488 g/mol. The largest absolute Gasteiger partial charge is 1.00 e. The summed E-state index contributed by atoms with van der Waals surface area (Å²) in [5, 5.41) is 12.4. The summed E-state index contributed by atoms with van der Waals surface area (Å²) in [7, 11) is 7.56. The number of allylic oxidation sites excluding steroid dienone is 2. The number of hydrogen-bond donors (Lipinski definition) is 3. The highest BCUT2D eigenvalue weighted by Gasteiger charge is 2.07. The van der Waals surface area contributed by atoms with E-state index in [1.165, 1.54) is 7.11 Å². The molecular formula is C24H42ClN3O5. The van der Waals surface area contributed by atoms with Crippen molar-refractivity contribution in [3.8, 4) is 11.5 Å². The highest BCUT2D eigenvalue weighted by atomic mass is 35.5. The molecule has 0 atom stereocenters. The number of nitrogens with zero attached hydrogens (tertiary/aromatic N) is 1. The maximum absolute atomic E-state index is 11.8. The van der Waals surface area contributed by atoms with Gasteiger partial charge in [-0.05, 0) is 42.9 Å². The summed E-state index contributed by atoms with van der Waals surface area (Å²) in [4.78, 5) is 21.8. The number of likely N-dealkylation sites (N-methyl/N-ethyl adjacent to an activating group) is 1. The van der Waals surface area contributed by atoms with Crippen LogP contribution in [0.25, 0.3) is 0 Å². The number of nitrogens with two attached hydrogens (primary N) is 1. The minimum absolute atomic E-state index is 0. The zero-order chi connectivity index (χ0) is 24.6. The van der Waals surface area contributed by atoms with Crippen molar-refractivity contribution in [1.29, 1.82) is 0 Å². The van der Waals surface area contributed by atoms with E-state index in [4.69, 9.17) is 10.5 Å². The third-order valence-corrected chi connectivity index (χ3v) is 4.29. The molecule has 0 aliphatic heterocycles. The topological polar surface area (TPSA) is 111 Å². The van der Waals surface area contributed by atoms with Gasteiger partial charge < -0.3 is 42.5 Å². The second-order valence-corrected chi connectivity index (χ2v) is 8.88. The summed E-state index contributed by atoms with van der Waals surface area (Å²) in [6, 6.07) is 5.07. The van der Waals surface area contributed by atoms with Crippen LogP contribution < -0.4 is 28.2 Å². The number of primary amides is 1. The number of quaternary nitrogens is 1. The van der Waals surface area contributed by atoms with Crippen LogP contribution in [-0.4, -0.2) is 63.0 Å². The zero-order valence-corrected chi connectivity index (χ0v) is 21.7. The number of unbranched alkanes of at least 4 members (excludes halogenated alkanes) is 2. The number of carbonyl (C=O) groups is 2. The van der Waals surface area contributed by atoms with E-state index in [9.17, 15) is 14.7 Å². The summed E-state index contributed by atoms with van der Waals surface area (Å²) in [5.41, 5.74) is 5.66. The van der Waals surface area contributed by atoms with Gasteiger partial charge in [-0.3, -0.25) is 4.79 Å². The summed E-state index contributed by atoms with van der Waals surface area (Å²) in [6.45, 7) is 5.93. The lowest BCUT2D eigenvalue weighted by molar-refractivity contribution is -0.870. The number of carbonyl (C=O) groups excluding carboxylic acids is 2. The molecule has 9 heteroatoms. The number of rotatable bonds is 12. The molecule has 0 aliphatic carbocycles. The van der Waals surface area contributed by atoms with E-state index < -0.39 is 6.09 Å². The summed E-state index contributed by atoms with van der Waals surface area (Å²) in [5.74, 6) is 1.17. The van der Waals surface area contributed by atoms with E-state index in [1.807, 2.05) is 21.1 Å². The number of ether oxygens (including phenoxy) is 2. The van der Waals surface area contributed by atoms with Crippen LogP contribution in [-0.2, 0) is 16.1 Å². The molecule has 0 aromatic heterocycles. The van der Waals surface area contributed by atoms with Gasteiger partial charge in [0, 0.05) is 13.0 Å². The molecule has 190 valence electrons. The first-order chi connectivity index (χ1) is 14.9. The number of methoxy groups -OCH3 is 1. The highest BCUT2D eigenvalue weighted by Crippen LogP contribution is 2.26. The molecule has 0 saturated carbocycles. The maximum atomic E-state index is 11.8. The Balaban J connectivity index is 0. The fourth-order valence-electron chi connectivity index (χ4n) is 2.46. The second kappa shape index (κ2) is 18.0. The van der Waals surface area contributed by atoms with Gasteiger partial charge in [0.15, 0.2) is 11.5 Å². The van der Waals surface area contributed by atoms with Crippen LogP contribution in [0.1, 0.15) is 45.1 Å². The van der Waals surface area contributed by atoms with Gasteiger partial charge in [-0.2, -0.15) is 0 Å². The molecule has 33 heavy (non-hydrogen) atoms. The van der Waals surface area contributed by atoms with Gasteiger partial charge >= 0.3 is 6.09 Å². The molecule has 1 aromatic carbocycles. The van der Waals surface area contributed by atoms with Gasteiger partial charge in [0.1, 0.15) is 13.2 Å². The quantitative estimate of drug-likeness (QED) is 0.227. The molecule has 2 amide bonds. The van der Waals surface area contributed by atoms with Gasteiger partial charge in [0.25, 0.3) is 0 Å². The Hall–Kier alpha value is -2.45. The van der Waals surface area contributed by atoms with E-state index in [0.29, 0.717) is 31.2 Å². The number of benzene rings is 1. The smallest absolute Gasteiger partial charge is 0.404 e. The first-order valence-electron chi connectivity index (χ1n) is 11.0. The van der Waals surface area contributed by atoms with E-state index in [-0.39, 0.29) is 24.1 Å². The lowest BCUT2D eigenvalue weighted by Crippen LogP contribution is -3.00. The number of amides is 2. The Morgan fingerprint density at radius 1 is 1.21 bits per heavy atom. The van der Waals surface area contributed by atoms with Crippen LogP contribution in [0.3, 0.4) is 0 Å². The van der Waals surface area contributed by atoms with Crippen LogP contribution in [0, 0.1) is 5.92 Å². The van der Waals surface area contributed by atoms with Crippen LogP contribution in [0.4, 0.5) is 4.79 Å². The fourth-order valence-corrected chi connectivity index (χ4v) is 2.46.